The summed E-state index contributed by atoms with van der Waals surface area (Å²) in [5.74, 6) is -0.214. The van der Waals surface area contributed by atoms with E-state index in [-0.39, 0.29) is 23.5 Å². The molecule has 0 aromatic heterocycles. The fraction of sp³-hybridized carbons (Fsp3) is 0.417. The lowest BCUT2D eigenvalue weighted by molar-refractivity contribution is -0.139. The van der Waals surface area contributed by atoms with Gasteiger partial charge in [0.15, 0.2) is 0 Å². The highest BCUT2D eigenvalue weighted by Gasteiger charge is 2.39. The predicted octanol–water partition coefficient (Wildman–Crippen LogP) is 1.98. The monoisotopic (exact) mass is 400 g/mol. The van der Waals surface area contributed by atoms with E-state index >= 15 is 0 Å². The zero-order valence-corrected chi connectivity index (χ0v) is 13.7. The molecule has 1 amide bonds. The number of hydrogen-bond acceptors (Lipinski definition) is 3. The van der Waals surface area contributed by atoms with Crippen LogP contribution in [0.25, 0.3) is 0 Å². The number of nitrogens with one attached hydrogen (secondary N) is 1. The van der Waals surface area contributed by atoms with Crippen LogP contribution >= 0.6 is 15.9 Å². The summed E-state index contributed by atoms with van der Waals surface area (Å²) < 4.78 is 65.7. The standard InChI is InChI=1S/C12H12BrF3N2O3S/c1-7(19)18-5-9(6-18)17-22(20,21)11-4-8(13)2-3-10(11)12(14,15)16/h2-4,9,17H,5-6H2,1H3. The second kappa shape index (κ2) is 5.82. The number of benzene rings is 1. The zero-order chi connectivity index (χ0) is 16.7. The van der Waals surface area contributed by atoms with Gasteiger partial charge >= 0.3 is 6.18 Å². The van der Waals surface area contributed by atoms with Crippen LogP contribution in [0, 0.1) is 0 Å². The number of halogens is 4. The SMILES string of the molecule is CC(=O)N1CC(NS(=O)(=O)c2cc(Br)ccc2C(F)(F)F)C1. The van der Waals surface area contributed by atoms with E-state index in [0.717, 1.165) is 12.1 Å². The predicted molar refractivity (Wildman–Crippen MR) is 75.5 cm³/mol. The Labute approximate surface area is 133 Å². The molecule has 1 fully saturated rings. The van der Waals surface area contributed by atoms with Crippen molar-refractivity contribution in [2.45, 2.75) is 24.0 Å². The van der Waals surface area contributed by atoms with Gasteiger partial charge in [-0.05, 0) is 18.2 Å². The quantitative estimate of drug-likeness (QED) is 0.843. The van der Waals surface area contributed by atoms with Crippen LogP contribution in [0.3, 0.4) is 0 Å². The molecule has 0 spiro atoms. The average Bonchev–Trinajstić information content (AvgIpc) is 2.31. The molecular weight excluding hydrogens is 389 g/mol. The summed E-state index contributed by atoms with van der Waals surface area (Å²) in [6.07, 6.45) is -4.78. The number of likely N-dealkylation sites (tertiary alicyclic amines) is 1. The van der Waals surface area contributed by atoms with Crippen molar-refractivity contribution in [3.05, 3.63) is 28.2 Å². The molecule has 0 atom stereocenters. The Bertz CT molecular complexity index is 700. The van der Waals surface area contributed by atoms with Crippen molar-refractivity contribution in [3.8, 4) is 0 Å². The van der Waals surface area contributed by atoms with Crippen molar-refractivity contribution in [1.82, 2.24) is 9.62 Å². The first-order chi connectivity index (χ1) is 10.0. The maximum absolute atomic E-state index is 13.0. The Morgan fingerprint density at radius 3 is 2.45 bits per heavy atom. The van der Waals surface area contributed by atoms with E-state index in [9.17, 15) is 26.4 Å². The van der Waals surface area contributed by atoms with E-state index in [1.807, 2.05) is 0 Å². The topological polar surface area (TPSA) is 66.5 Å². The van der Waals surface area contributed by atoms with E-state index in [0.29, 0.717) is 6.07 Å². The van der Waals surface area contributed by atoms with Crippen LogP contribution in [-0.2, 0) is 21.0 Å². The smallest absolute Gasteiger partial charge is 0.340 e. The van der Waals surface area contributed by atoms with Gasteiger partial charge in [0.25, 0.3) is 0 Å². The second-order valence-electron chi connectivity index (χ2n) is 4.88. The number of carbonyl (C=O) groups excluding carboxylic acids is 1. The molecule has 1 aromatic rings. The zero-order valence-electron chi connectivity index (χ0n) is 11.3. The van der Waals surface area contributed by atoms with Crippen LogP contribution in [0.4, 0.5) is 13.2 Å². The second-order valence-corrected chi connectivity index (χ2v) is 7.48. The lowest BCUT2D eigenvalue weighted by Crippen LogP contribution is -2.60. The summed E-state index contributed by atoms with van der Waals surface area (Å²) in [4.78, 5) is 11.6. The number of carbonyl (C=O) groups is 1. The Morgan fingerprint density at radius 1 is 1.36 bits per heavy atom. The Balaban J connectivity index is 2.27. The Kier molecular flexibility index (Phi) is 4.56. The van der Waals surface area contributed by atoms with E-state index in [2.05, 4.69) is 20.7 Å². The molecule has 5 nitrogen and oxygen atoms in total. The van der Waals surface area contributed by atoms with E-state index in [1.54, 1.807) is 0 Å². The van der Waals surface area contributed by atoms with Crippen molar-refractivity contribution in [1.29, 1.82) is 0 Å². The van der Waals surface area contributed by atoms with E-state index in [4.69, 9.17) is 0 Å². The normalized spacial score (nSPS) is 16.5. The maximum atomic E-state index is 13.0. The number of nitrogens with zero attached hydrogens (tertiary/aromatic N) is 1. The van der Waals surface area contributed by atoms with Gasteiger partial charge in [-0.25, -0.2) is 13.1 Å². The van der Waals surface area contributed by atoms with Gasteiger partial charge in [0.05, 0.1) is 16.5 Å². The number of sulfonamides is 1. The third-order valence-electron chi connectivity index (χ3n) is 3.19. The maximum Gasteiger partial charge on any atom is 0.417 e. The molecule has 10 heteroatoms. The number of rotatable bonds is 3. The highest BCUT2D eigenvalue weighted by Crippen LogP contribution is 2.35. The van der Waals surface area contributed by atoms with E-state index < -0.39 is 32.7 Å². The van der Waals surface area contributed by atoms with Crippen LogP contribution < -0.4 is 4.72 Å². The molecule has 2 rings (SSSR count). The first kappa shape index (κ1) is 17.2. The third-order valence-corrected chi connectivity index (χ3v) is 5.24. The van der Waals surface area contributed by atoms with Crippen LogP contribution in [-0.4, -0.2) is 38.4 Å². The molecule has 0 radical (unpaired) electrons. The number of alkyl halides is 3. The van der Waals surface area contributed by atoms with E-state index in [1.165, 1.54) is 11.8 Å². The first-order valence-corrected chi connectivity index (χ1v) is 8.43. The van der Waals surface area contributed by atoms with Gasteiger partial charge in [-0.3, -0.25) is 4.79 Å². The molecule has 1 aliphatic rings. The van der Waals surface area contributed by atoms with Gasteiger partial charge in [0.1, 0.15) is 0 Å². The van der Waals surface area contributed by atoms with Crippen LogP contribution in [0.2, 0.25) is 0 Å². The molecule has 122 valence electrons. The minimum absolute atomic E-state index is 0.143. The van der Waals surface area contributed by atoms with Crippen LogP contribution in [0.1, 0.15) is 12.5 Å². The summed E-state index contributed by atoms with van der Waals surface area (Å²) >= 11 is 2.97. The number of amides is 1. The Morgan fingerprint density at radius 2 is 1.95 bits per heavy atom. The van der Waals surface area contributed by atoms with Crippen molar-refractivity contribution >= 4 is 31.9 Å². The van der Waals surface area contributed by atoms with Crippen molar-refractivity contribution in [3.63, 3.8) is 0 Å². The largest absolute Gasteiger partial charge is 0.417 e. The minimum Gasteiger partial charge on any atom is -0.340 e. The van der Waals surface area contributed by atoms with Gasteiger partial charge in [-0.1, -0.05) is 15.9 Å². The first-order valence-electron chi connectivity index (χ1n) is 6.15. The van der Waals surface area contributed by atoms with Crippen LogP contribution in [0.15, 0.2) is 27.6 Å². The molecule has 0 unspecified atom stereocenters. The molecule has 0 saturated carbocycles. The highest BCUT2D eigenvalue weighted by atomic mass is 79.9. The van der Waals surface area contributed by atoms with Crippen molar-refractivity contribution < 1.29 is 26.4 Å². The summed E-state index contributed by atoms with van der Waals surface area (Å²) in [5.41, 5.74) is -1.23. The van der Waals surface area contributed by atoms with Gasteiger partial charge in [0.2, 0.25) is 15.9 Å². The van der Waals surface area contributed by atoms with Gasteiger partial charge in [-0.15, -0.1) is 0 Å². The number of hydrogen-bond donors (Lipinski definition) is 1. The summed E-state index contributed by atoms with van der Waals surface area (Å²) in [6, 6.07) is 2.16. The van der Waals surface area contributed by atoms with Gasteiger partial charge in [-0.2, -0.15) is 13.2 Å². The van der Waals surface area contributed by atoms with Gasteiger partial charge in [0, 0.05) is 24.5 Å². The highest BCUT2D eigenvalue weighted by molar-refractivity contribution is 9.10. The third kappa shape index (κ3) is 3.61. The Hall–Kier alpha value is -1.13. The lowest BCUT2D eigenvalue weighted by Gasteiger charge is -2.38. The fourth-order valence-electron chi connectivity index (χ4n) is 2.05. The molecule has 1 heterocycles. The van der Waals surface area contributed by atoms with Crippen molar-refractivity contribution in [2.24, 2.45) is 0 Å². The lowest BCUT2D eigenvalue weighted by atomic mass is 10.1. The molecule has 1 N–H and O–H groups in total. The molecule has 1 saturated heterocycles. The molecule has 0 aliphatic carbocycles. The molecule has 1 aliphatic heterocycles. The van der Waals surface area contributed by atoms with Crippen LogP contribution in [0.5, 0.6) is 0 Å². The molecular formula is C12H12BrF3N2O3S. The summed E-state index contributed by atoms with van der Waals surface area (Å²) in [5, 5.41) is 0. The molecule has 1 aromatic carbocycles. The molecule has 0 bridgehead atoms. The molecule has 22 heavy (non-hydrogen) atoms. The minimum atomic E-state index is -4.78. The van der Waals surface area contributed by atoms with Crippen molar-refractivity contribution in [2.75, 3.05) is 13.1 Å². The average molecular weight is 401 g/mol. The summed E-state index contributed by atoms with van der Waals surface area (Å²) in [6.45, 7) is 1.62. The summed E-state index contributed by atoms with van der Waals surface area (Å²) in [7, 11) is -4.34. The van der Waals surface area contributed by atoms with Gasteiger partial charge < -0.3 is 4.90 Å². The fourth-order valence-corrected chi connectivity index (χ4v) is 4.03.